The summed E-state index contributed by atoms with van der Waals surface area (Å²) in [6.45, 7) is 4.14. The van der Waals surface area contributed by atoms with Crippen molar-refractivity contribution >= 4 is 15.7 Å². The van der Waals surface area contributed by atoms with Crippen molar-refractivity contribution < 1.29 is 21.6 Å². The van der Waals surface area contributed by atoms with Crippen LogP contribution in [0.1, 0.15) is 11.3 Å². The average molecular weight is 418 g/mol. The summed E-state index contributed by atoms with van der Waals surface area (Å²) in [7, 11) is -1.49. The molecule has 1 aliphatic rings. The Morgan fingerprint density at radius 1 is 1.14 bits per heavy atom. The molecule has 1 saturated heterocycles. The van der Waals surface area contributed by atoms with Crippen LogP contribution in [0.3, 0.4) is 0 Å². The predicted molar refractivity (Wildman–Crippen MR) is 96.9 cm³/mol. The molecule has 0 atom stereocenters. The van der Waals surface area contributed by atoms with Gasteiger partial charge in [0.25, 0.3) is 0 Å². The molecule has 0 spiro atoms. The van der Waals surface area contributed by atoms with Crippen molar-refractivity contribution in [2.24, 2.45) is 0 Å². The van der Waals surface area contributed by atoms with Gasteiger partial charge in [0, 0.05) is 44.2 Å². The number of hydrazine groups is 1. The molecule has 0 radical (unpaired) electrons. The van der Waals surface area contributed by atoms with Crippen LogP contribution < -0.4 is 5.43 Å². The van der Waals surface area contributed by atoms with Crippen LogP contribution >= 0.6 is 0 Å². The summed E-state index contributed by atoms with van der Waals surface area (Å²) in [5, 5.41) is 5.53. The van der Waals surface area contributed by atoms with Gasteiger partial charge in [0.2, 0.25) is 0 Å². The minimum atomic E-state index is -4.62. The zero-order chi connectivity index (χ0) is 20.7. The summed E-state index contributed by atoms with van der Waals surface area (Å²) in [6, 6.07) is 2.62. The Hall–Kier alpha value is -2.18. The molecule has 154 valence electrons. The normalized spacial score (nSPS) is 17.1. The maximum absolute atomic E-state index is 13.4. The Morgan fingerprint density at radius 2 is 1.79 bits per heavy atom. The molecule has 2 aromatic heterocycles. The summed E-state index contributed by atoms with van der Waals surface area (Å²) < 4.78 is 64.4. The van der Waals surface area contributed by atoms with Crippen molar-refractivity contribution in [3.05, 3.63) is 29.6 Å². The van der Waals surface area contributed by atoms with E-state index in [4.69, 9.17) is 0 Å². The van der Waals surface area contributed by atoms with Gasteiger partial charge >= 0.3 is 6.18 Å². The molecule has 0 amide bonds. The molecule has 0 bridgehead atoms. The number of pyridine rings is 1. The highest BCUT2D eigenvalue weighted by atomic mass is 32.2. The number of rotatable bonds is 4. The minimum Gasteiger partial charge on any atom is -0.304 e. The zero-order valence-electron chi connectivity index (χ0n) is 15.7. The van der Waals surface area contributed by atoms with Crippen LogP contribution in [0.2, 0.25) is 0 Å². The van der Waals surface area contributed by atoms with Crippen LogP contribution in [0, 0.1) is 6.92 Å². The molecule has 0 aromatic carbocycles. The molecule has 1 fully saturated rings. The number of anilines is 1. The Labute approximate surface area is 160 Å². The van der Waals surface area contributed by atoms with Gasteiger partial charge in [-0.2, -0.15) is 23.0 Å². The monoisotopic (exact) mass is 418 g/mol. The van der Waals surface area contributed by atoms with Gasteiger partial charge in [0.05, 0.1) is 4.90 Å². The van der Waals surface area contributed by atoms with Gasteiger partial charge < -0.3 is 10.3 Å². The smallest absolute Gasteiger partial charge is 0.304 e. The van der Waals surface area contributed by atoms with Crippen LogP contribution in [0.5, 0.6) is 0 Å². The zero-order valence-corrected chi connectivity index (χ0v) is 16.5. The van der Waals surface area contributed by atoms with E-state index < -0.39 is 21.7 Å². The first-order valence-electron chi connectivity index (χ1n) is 8.50. The number of likely N-dealkylation sites (N-methyl/N-ethyl adjacent to an activating group) is 1. The highest BCUT2D eigenvalue weighted by Crippen LogP contribution is 2.35. The molecule has 28 heavy (non-hydrogen) atoms. The van der Waals surface area contributed by atoms with Crippen molar-refractivity contribution in [3.63, 3.8) is 0 Å². The Bertz CT molecular complexity index is 948. The summed E-state index contributed by atoms with van der Waals surface area (Å²) in [5.41, 5.74) is 1.95. The van der Waals surface area contributed by atoms with Gasteiger partial charge in [-0.15, -0.1) is 0 Å². The van der Waals surface area contributed by atoms with Gasteiger partial charge in [-0.1, -0.05) is 0 Å². The summed E-state index contributed by atoms with van der Waals surface area (Å²) in [6.07, 6.45) is -2.49. The lowest BCUT2D eigenvalue weighted by atomic mass is 10.2. The van der Waals surface area contributed by atoms with E-state index in [9.17, 15) is 21.6 Å². The highest BCUT2D eigenvalue weighted by molar-refractivity contribution is 7.90. The third-order valence-electron chi connectivity index (χ3n) is 4.52. The van der Waals surface area contributed by atoms with E-state index >= 15 is 0 Å². The second kappa shape index (κ2) is 7.33. The molecule has 1 N–H and O–H groups in total. The first-order valence-corrected chi connectivity index (χ1v) is 10.4. The molecular formula is C16H21F3N6O2S. The van der Waals surface area contributed by atoms with E-state index in [0.29, 0.717) is 13.1 Å². The average Bonchev–Trinajstić information content (AvgIpc) is 2.93. The SMILES string of the molecule is Cc1c(C(F)(F)F)nn(-c2ccc(S(C)(=O)=O)cn2)c1NN1CCN(C)CC1. The number of nitrogens with one attached hydrogen (secondary N) is 1. The number of nitrogens with zero attached hydrogens (tertiary/aromatic N) is 5. The molecule has 2 aromatic rings. The van der Waals surface area contributed by atoms with E-state index in [0.717, 1.165) is 30.2 Å². The maximum atomic E-state index is 13.4. The van der Waals surface area contributed by atoms with Gasteiger partial charge in [-0.3, -0.25) is 0 Å². The number of alkyl halides is 3. The Kier molecular flexibility index (Phi) is 5.38. The largest absolute Gasteiger partial charge is 0.435 e. The lowest BCUT2D eigenvalue weighted by molar-refractivity contribution is -0.141. The number of aromatic nitrogens is 3. The molecule has 12 heteroatoms. The predicted octanol–water partition coefficient (Wildman–Crippen LogP) is 1.57. The fraction of sp³-hybridized carbons (Fsp3) is 0.500. The lowest BCUT2D eigenvalue weighted by Gasteiger charge is -2.33. The highest BCUT2D eigenvalue weighted by Gasteiger charge is 2.38. The van der Waals surface area contributed by atoms with Crippen LogP contribution in [-0.2, 0) is 16.0 Å². The van der Waals surface area contributed by atoms with Gasteiger partial charge in [0.15, 0.2) is 21.3 Å². The second-order valence-electron chi connectivity index (χ2n) is 6.76. The fourth-order valence-corrected chi connectivity index (χ4v) is 3.41. The number of sulfone groups is 1. The molecule has 0 saturated carbocycles. The molecule has 1 aliphatic heterocycles. The van der Waals surface area contributed by atoms with Crippen molar-refractivity contribution in [1.82, 2.24) is 24.7 Å². The van der Waals surface area contributed by atoms with Gasteiger partial charge in [-0.25, -0.2) is 18.4 Å². The third kappa shape index (κ3) is 4.28. The van der Waals surface area contributed by atoms with E-state index in [2.05, 4.69) is 20.4 Å². The molecule has 3 rings (SSSR count). The van der Waals surface area contributed by atoms with Crippen molar-refractivity contribution in [2.75, 3.05) is 44.9 Å². The lowest BCUT2D eigenvalue weighted by Crippen LogP contribution is -2.47. The van der Waals surface area contributed by atoms with Crippen molar-refractivity contribution in [3.8, 4) is 5.82 Å². The third-order valence-corrected chi connectivity index (χ3v) is 5.62. The molecule has 0 aliphatic carbocycles. The summed E-state index contributed by atoms with van der Waals surface area (Å²) in [4.78, 5) is 6.10. The number of halogens is 3. The molecule has 3 heterocycles. The topological polar surface area (TPSA) is 83.4 Å². The Balaban J connectivity index is 2.01. The maximum Gasteiger partial charge on any atom is 0.435 e. The minimum absolute atomic E-state index is 0.0234. The first kappa shape index (κ1) is 20.6. The first-order chi connectivity index (χ1) is 13.0. The van der Waals surface area contributed by atoms with E-state index in [-0.39, 0.29) is 22.1 Å². The van der Waals surface area contributed by atoms with Crippen LogP contribution in [0.4, 0.5) is 19.0 Å². The number of hydrogen-bond donors (Lipinski definition) is 1. The number of piperazine rings is 1. The van der Waals surface area contributed by atoms with Gasteiger partial charge in [-0.05, 0) is 26.1 Å². The standard InChI is InChI=1S/C16H21F3N6O2S/c1-11-14(16(17,18)19)21-25(13-5-4-12(10-20-13)28(3,26)27)15(11)22-24-8-6-23(2)7-9-24/h4-5,10,22H,6-9H2,1-3H3. The van der Waals surface area contributed by atoms with E-state index in [1.807, 2.05) is 12.1 Å². The molecule has 0 unspecified atom stereocenters. The molecular weight excluding hydrogens is 397 g/mol. The van der Waals surface area contributed by atoms with Crippen molar-refractivity contribution in [1.29, 1.82) is 0 Å². The fourth-order valence-electron chi connectivity index (χ4n) is 2.85. The summed E-state index contributed by atoms with van der Waals surface area (Å²) >= 11 is 0. The van der Waals surface area contributed by atoms with E-state index in [1.165, 1.54) is 19.1 Å². The quantitative estimate of drug-likeness (QED) is 0.807. The van der Waals surface area contributed by atoms with Crippen LogP contribution in [0.15, 0.2) is 23.2 Å². The van der Waals surface area contributed by atoms with Crippen molar-refractivity contribution in [2.45, 2.75) is 18.0 Å². The van der Waals surface area contributed by atoms with E-state index in [1.54, 1.807) is 0 Å². The second-order valence-corrected chi connectivity index (χ2v) is 8.77. The van der Waals surface area contributed by atoms with Crippen LogP contribution in [0.25, 0.3) is 5.82 Å². The van der Waals surface area contributed by atoms with Gasteiger partial charge in [0.1, 0.15) is 5.82 Å². The Morgan fingerprint density at radius 3 is 2.29 bits per heavy atom. The molecule has 8 nitrogen and oxygen atoms in total. The van der Waals surface area contributed by atoms with Crippen LogP contribution in [-0.4, -0.2) is 72.6 Å². The number of hydrogen-bond acceptors (Lipinski definition) is 7. The summed E-state index contributed by atoms with van der Waals surface area (Å²) in [5.74, 6) is 0.235.